The summed E-state index contributed by atoms with van der Waals surface area (Å²) in [7, 11) is 0. The Kier molecular flexibility index (Phi) is 6.84. The highest BCUT2D eigenvalue weighted by Crippen LogP contribution is 2.21. The van der Waals surface area contributed by atoms with Gasteiger partial charge in [0.2, 0.25) is 5.91 Å². The minimum atomic E-state index is -0.751. The fourth-order valence-corrected chi connectivity index (χ4v) is 2.89. The second-order valence-electron chi connectivity index (χ2n) is 6.53. The summed E-state index contributed by atoms with van der Waals surface area (Å²) in [6.45, 7) is 0.302. The van der Waals surface area contributed by atoms with Crippen LogP contribution in [0.4, 0.5) is 4.79 Å². The first-order valence-electron chi connectivity index (χ1n) is 9.29. The van der Waals surface area contributed by atoms with E-state index in [0.717, 1.165) is 16.9 Å². The van der Waals surface area contributed by atoms with Gasteiger partial charge in [0.1, 0.15) is 17.5 Å². The maximum absolute atomic E-state index is 12.6. The first-order valence-corrected chi connectivity index (χ1v) is 9.29. The van der Waals surface area contributed by atoms with Crippen molar-refractivity contribution in [1.82, 2.24) is 10.6 Å². The van der Waals surface area contributed by atoms with E-state index in [1.807, 2.05) is 84.9 Å². The molecular formula is C23H23N3O3. The number of carbonyl (C=O) groups is 2. The number of urea groups is 1. The predicted octanol–water partition coefficient (Wildman–Crippen LogP) is 3.37. The summed E-state index contributed by atoms with van der Waals surface area (Å²) in [5.74, 6) is 1.11. The molecule has 1 unspecified atom stereocenters. The van der Waals surface area contributed by atoms with Crippen molar-refractivity contribution in [2.24, 2.45) is 5.73 Å². The van der Waals surface area contributed by atoms with Gasteiger partial charge in [0.05, 0.1) is 0 Å². The van der Waals surface area contributed by atoms with Gasteiger partial charge in [0.15, 0.2) is 0 Å². The van der Waals surface area contributed by atoms with Gasteiger partial charge in [0.25, 0.3) is 0 Å². The molecule has 3 aromatic rings. The molecule has 29 heavy (non-hydrogen) atoms. The molecule has 0 heterocycles. The van der Waals surface area contributed by atoms with Gasteiger partial charge in [-0.3, -0.25) is 4.79 Å². The molecule has 4 N–H and O–H groups in total. The van der Waals surface area contributed by atoms with E-state index in [4.69, 9.17) is 10.5 Å². The quantitative estimate of drug-likeness (QED) is 0.551. The topological polar surface area (TPSA) is 93.5 Å². The molecular weight excluding hydrogens is 366 g/mol. The van der Waals surface area contributed by atoms with E-state index in [1.165, 1.54) is 0 Å². The Morgan fingerprint density at radius 2 is 1.45 bits per heavy atom. The largest absolute Gasteiger partial charge is 0.457 e. The lowest BCUT2D eigenvalue weighted by Crippen LogP contribution is -2.49. The summed E-state index contributed by atoms with van der Waals surface area (Å²) in [5.41, 5.74) is 7.05. The molecule has 0 saturated heterocycles. The monoisotopic (exact) mass is 389 g/mol. The number of rotatable bonds is 8. The third-order valence-electron chi connectivity index (χ3n) is 4.26. The summed E-state index contributed by atoms with van der Waals surface area (Å²) in [5, 5.41) is 5.36. The average molecular weight is 389 g/mol. The number of ether oxygens (including phenoxy) is 1. The lowest BCUT2D eigenvalue weighted by molar-refractivity contribution is -0.123. The van der Waals surface area contributed by atoms with Crippen molar-refractivity contribution in [2.75, 3.05) is 0 Å². The molecule has 0 aromatic heterocycles. The number of benzene rings is 3. The lowest BCUT2D eigenvalue weighted by Gasteiger charge is -2.17. The first kappa shape index (κ1) is 19.9. The van der Waals surface area contributed by atoms with Crippen molar-refractivity contribution in [1.29, 1.82) is 0 Å². The third-order valence-corrected chi connectivity index (χ3v) is 4.26. The molecule has 6 heteroatoms. The molecule has 3 aromatic carbocycles. The Morgan fingerprint density at radius 3 is 2.14 bits per heavy atom. The molecule has 0 radical (unpaired) electrons. The van der Waals surface area contributed by atoms with Crippen LogP contribution in [0.15, 0.2) is 84.9 Å². The average Bonchev–Trinajstić information content (AvgIpc) is 2.73. The number of hydrogen-bond acceptors (Lipinski definition) is 3. The maximum Gasteiger partial charge on any atom is 0.312 e. The number of para-hydroxylation sites is 1. The molecule has 148 valence electrons. The minimum absolute atomic E-state index is 0.302. The van der Waals surface area contributed by atoms with Crippen LogP contribution in [-0.4, -0.2) is 18.0 Å². The molecule has 3 rings (SSSR count). The van der Waals surface area contributed by atoms with Crippen LogP contribution in [0.5, 0.6) is 11.5 Å². The third kappa shape index (κ3) is 6.39. The van der Waals surface area contributed by atoms with E-state index in [-0.39, 0.29) is 5.91 Å². The summed E-state index contributed by atoms with van der Waals surface area (Å²) in [6, 6.07) is 24.9. The van der Waals surface area contributed by atoms with E-state index in [1.54, 1.807) is 0 Å². The van der Waals surface area contributed by atoms with Crippen LogP contribution in [0.2, 0.25) is 0 Å². The van der Waals surface area contributed by atoms with Gasteiger partial charge < -0.3 is 21.1 Å². The van der Waals surface area contributed by atoms with Crippen LogP contribution in [0, 0.1) is 0 Å². The summed E-state index contributed by atoms with van der Waals surface area (Å²) in [4.78, 5) is 23.9. The Morgan fingerprint density at radius 1 is 0.828 bits per heavy atom. The Balaban J connectivity index is 1.61. The van der Waals surface area contributed by atoms with Crippen molar-refractivity contribution in [3.8, 4) is 11.5 Å². The van der Waals surface area contributed by atoms with Gasteiger partial charge >= 0.3 is 6.03 Å². The number of nitrogens with two attached hydrogens (primary N) is 1. The fourth-order valence-electron chi connectivity index (χ4n) is 2.89. The maximum atomic E-state index is 12.6. The number of nitrogens with one attached hydrogen (secondary N) is 2. The van der Waals surface area contributed by atoms with Crippen molar-refractivity contribution >= 4 is 11.9 Å². The minimum Gasteiger partial charge on any atom is -0.457 e. The van der Waals surface area contributed by atoms with Crippen molar-refractivity contribution in [2.45, 2.75) is 19.0 Å². The smallest absolute Gasteiger partial charge is 0.312 e. The van der Waals surface area contributed by atoms with Gasteiger partial charge in [-0.15, -0.1) is 0 Å². The molecule has 0 fully saturated rings. The Bertz CT molecular complexity index is 946. The van der Waals surface area contributed by atoms with Crippen LogP contribution in [0.25, 0.3) is 0 Å². The zero-order chi connectivity index (χ0) is 20.5. The molecule has 1 atom stereocenters. The zero-order valence-electron chi connectivity index (χ0n) is 15.9. The standard InChI is InChI=1S/C23H23N3O3/c24-23(28)26-21(15-17-8-3-1-4-9-17)22(27)25-16-18-10-7-13-20(14-18)29-19-11-5-2-6-12-19/h1-14,21H,15-16H2,(H,25,27)(H3,24,26,28). The van der Waals surface area contributed by atoms with Crippen molar-refractivity contribution in [3.63, 3.8) is 0 Å². The molecule has 0 aliphatic rings. The van der Waals surface area contributed by atoms with Gasteiger partial charge in [-0.25, -0.2) is 4.79 Å². The molecule has 0 bridgehead atoms. The number of carbonyl (C=O) groups excluding carboxylic acids is 2. The second kappa shape index (κ2) is 9.94. The van der Waals surface area contributed by atoms with Crippen LogP contribution in [0.3, 0.4) is 0 Å². The van der Waals surface area contributed by atoms with Crippen LogP contribution >= 0.6 is 0 Å². The molecule has 3 amide bonds. The highest BCUT2D eigenvalue weighted by molar-refractivity contribution is 5.86. The fraction of sp³-hybridized carbons (Fsp3) is 0.130. The SMILES string of the molecule is NC(=O)NC(Cc1ccccc1)C(=O)NCc1cccc(Oc2ccccc2)c1. The van der Waals surface area contributed by atoms with Crippen LogP contribution in [0.1, 0.15) is 11.1 Å². The van der Waals surface area contributed by atoms with Crippen LogP contribution in [-0.2, 0) is 17.8 Å². The predicted molar refractivity (Wildman–Crippen MR) is 111 cm³/mol. The number of hydrogen-bond donors (Lipinski definition) is 3. The van der Waals surface area contributed by atoms with E-state index >= 15 is 0 Å². The highest BCUT2D eigenvalue weighted by Gasteiger charge is 2.20. The van der Waals surface area contributed by atoms with E-state index in [2.05, 4.69) is 10.6 Å². The molecule has 0 aliphatic carbocycles. The van der Waals surface area contributed by atoms with E-state index in [9.17, 15) is 9.59 Å². The van der Waals surface area contributed by atoms with Gasteiger partial charge in [-0.1, -0.05) is 60.7 Å². The van der Waals surface area contributed by atoms with Gasteiger partial charge in [-0.05, 0) is 35.4 Å². The molecule has 0 spiro atoms. The van der Waals surface area contributed by atoms with Gasteiger partial charge in [-0.2, -0.15) is 0 Å². The zero-order valence-corrected chi connectivity index (χ0v) is 15.9. The lowest BCUT2D eigenvalue weighted by atomic mass is 10.1. The number of primary amides is 1. The summed E-state index contributed by atoms with van der Waals surface area (Å²) < 4.78 is 5.82. The molecule has 0 saturated carbocycles. The molecule has 6 nitrogen and oxygen atoms in total. The van der Waals surface area contributed by atoms with E-state index < -0.39 is 12.1 Å². The molecule has 0 aliphatic heterocycles. The first-order chi connectivity index (χ1) is 14.1. The second-order valence-corrected chi connectivity index (χ2v) is 6.53. The highest BCUT2D eigenvalue weighted by atomic mass is 16.5. The summed E-state index contributed by atoms with van der Waals surface area (Å²) >= 11 is 0. The summed E-state index contributed by atoms with van der Waals surface area (Å²) in [6.07, 6.45) is 0.354. The Labute approximate surface area is 169 Å². The van der Waals surface area contributed by atoms with Crippen LogP contribution < -0.4 is 21.1 Å². The number of amides is 3. The Hall–Kier alpha value is -3.80. The van der Waals surface area contributed by atoms with Crippen molar-refractivity contribution < 1.29 is 14.3 Å². The van der Waals surface area contributed by atoms with Gasteiger partial charge in [0, 0.05) is 13.0 Å². The normalized spacial score (nSPS) is 11.3. The van der Waals surface area contributed by atoms with Crippen molar-refractivity contribution in [3.05, 3.63) is 96.1 Å². The van der Waals surface area contributed by atoms with E-state index in [0.29, 0.717) is 18.7 Å².